The molecule has 0 aliphatic carbocycles. The maximum atomic E-state index is 13.2. The molecule has 26 heavy (non-hydrogen) atoms. The van der Waals surface area contributed by atoms with Crippen LogP contribution in [0.5, 0.6) is 0 Å². The summed E-state index contributed by atoms with van der Waals surface area (Å²) in [5, 5.41) is 5.12. The van der Waals surface area contributed by atoms with Gasteiger partial charge in [-0.05, 0) is 30.3 Å². The van der Waals surface area contributed by atoms with Crippen LogP contribution in [-0.2, 0) is 0 Å². The zero-order valence-electron chi connectivity index (χ0n) is 13.5. The molecule has 8 heteroatoms. The number of nitrogens with zero attached hydrogens (tertiary/aromatic N) is 2. The molecule has 0 aliphatic rings. The van der Waals surface area contributed by atoms with Crippen LogP contribution in [0.2, 0.25) is 5.02 Å². The number of carbonyl (C=O) groups excluding carboxylic acids is 2. The van der Waals surface area contributed by atoms with Gasteiger partial charge in [0.15, 0.2) is 5.69 Å². The SMILES string of the molecule is C=CCNC(=O)c1nc(C(=O)Nc2ccc(F)c(Cl)c2)c2ccccn12. The number of rotatable bonds is 5. The molecule has 0 aliphatic heterocycles. The molecule has 3 aromatic rings. The Balaban J connectivity index is 1.96. The molecule has 0 spiro atoms. The van der Waals surface area contributed by atoms with Gasteiger partial charge >= 0.3 is 0 Å². The van der Waals surface area contributed by atoms with Crippen molar-refractivity contribution >= 4 is 34.6 Å². The van der Waals surface area contributed by atoms with Crippen molar-refractivity contribution in [2.45, 2.75) is 0 Å². The fraction of sp³-hybridized carbons (Fsp3) is 0.0556. The molecule has 132 valence electrons. The van der Waals surface area contributed by atoms with Crippen LogP contribution in [0.3, 0.4) is 0 Å². The molecule has 3 rings (SSSR count). The Bertz CT molecular complexity index is 1020. The Labute approximate surface area is 153 Å². The normalized spacial score (nSPS) is 10.5. The number of pyridine rings is 1. The van der Waals surface area contributed by atoms with Crippen LogP contribution < -0.4 is 10.6 Å². The van der Waals surface area contributed by atoms with E-state index in [0.717, 1.165) is 6.07 Å². The number of aromatic nitrogens is 2. The Morgan fingerprint density at radius 2 is 2.08 bits per heavy atom. The van der Waals surface area contributed by atoms with Gasteiger partial charge < -0.3 is 10.6 Å². The summed E-state index contributed by atoms with van der Waals surface area (Å²) in [4.78, 5) is 29.0. The average molecular weight is 373 g/mol. The van der Waals surface area contributed by atoms with E-state index in [2.05, 4.69) is 22.2 Å². The fourth-order valence-corrected chi connectivity index (χ4v) is 2.55. The molecular weight excluding hydrogens is 359 g/mol. The van der Waals surface area contributed by atoms with Gasteiger partial charge in [-0.1, -0.05) is 23.7 Å². The predicted octanol–water partition coefficient (Wildman–Crippen LogP) is 3.29. The summed E-state index contributed by atoms with van der Waals surface area (Å²) in [6.45, 7) is 3.81. The number of imidazole rings is 1. The van der Waals surface area contributed by atoms with E-state index < -0.39 is 17.6 Å². The second-order valence-electron chi connectivity index (χ2n) is 5.32. The summed E-state index contributed by atoms with van der Waals surface area (Å²) in [5.41, 5.74) is 0.841. The van der Waals surface area contributed by atoms with Crippen molar-refractivity contribution in [3.05, 3.63) is 77.6 Å². The van der Waals surface area contributed by atoms with Crippen LogP contribution in [0.4, 0.5) is 10.1 Å². The van der Waals surface area contributed by atoms with Crippen molar-refractivity contribution in [3.8, 4) is 0 Å². The minimum atomic E-state index is -0.585. The highest BCUT2D eigenvalue weighted by atomic mass is 35.5. The Morgan fingerprint density at radius 1 is 1.27 bits per heavy atom. The van der Waals surface area contributed by atoms with Crippen molar-refractivity contribution in [1.29, 1.82) is 0 Å². The molecule has 2 aromatic heterocycles. The molecule has 0 atom stereocenters. The van der Waals surface area contributed by atoms with E-state index in [1.165, 1.54) is 16.5 Å². The van der Waals surface area contributed by atoms with Gasteiger partial charge in [0.05, 0.1) is 10.5 Å². The molecule has 0 radical (unpaired) electrons. The summed E-state index contributed by atoms with van der Waals surface area (Å²) in [6, 6.07) is 8.95. The van der Waals surface area contributed by atoms with Crippen molar-refractivity contribution in [2.24, 2.45) is 0 Å². The van der Waals surface area contributed by atoms with Gasteiger partial charge in [0.25, 0.3) is 11.8 Å². The fourth-order valence-electron chi connectivity index (χ4n) is 2.37. The van der Waals surface area contributed by atoms with Crippen molar-refractivity contribution < 1.29 is 14.0 Å². The minimum absolute atomic E-state index is 0.0646. The Kier molecular flexibility index (Phi) is 4.99. The lowest BCUT2D eigenvalue weighted by molar-refractivity contribution is 0.0947. The zero-order valence-corrected chi connectivity index (χ0v) is 14.3. The maximum absolute atomic E-state index is 13.2. The molecule has 0 bridgehead atoms. The third kappa shape index (κ3) is 3.43. The third-order valence-corrected chi connectivity index (χ3v) is 3.84. The number of anilines is 1. The van der Waals surface area contributed by atoms with Gasteiger partial charge in [0.2, 0.25) is 5.82 Å². The molecule has 2 N–H and O–H groups in total. The molecule has 6 nitrogen and oxygen atoms in total. The number of benzene rings is 1. The molecule has 0 saturated carbocycles. The van der Waals surface area contributed by atoms with Crippen molar-refractivity contribution in [3.63, 3.8) is 0 Å². The van der Waals surface area contributed by atoms with Gasteiger partial charge in [-0.15, -0.1) is 6.58 Å². The van der Waals surface area contributed by atoms with Crippen LogP contribution in [0.15, 0.2) is 55.3 Å². The zero-order chi connectivity index (χ0) is 18.7. The molecule has 2 amide bonds. The first-order valence-corrected chi connectivity index (χ1v) is 8.01. The molecule has 0 unspecified atom stereocenters. The molecular formula is C18H14ClFN4O2. The summed E-state index contributed by atoms with van der Waals surface area (Å²) in [7, 11) is 0. The first kappa shape index (κ1) is 17.6. The number of hydrogen-bond acceptors (Lipinski definition) is 3. The topological polar surface area (TPSA) is 75.5 Å². The molecule has 1 aromatic carbocycles. The van der Waals surface area contributed by atoms with Crippen LogP contribution >= 0.6 is 11.6 Å². The highest BCUT2D eigenvalue weighted by Crippen LogP contribution is 2.21. The van der Waals surface area contributed by atoms with E-state index in [1.54, 1.807) is 30.5 Å². The van der Waals surface area contributed by atoms with Crippen molar-refractivity contribution in [2.75, 3.05) is 11.9 Å². The van der Waals surface area contributed by atoms with E-state index >= 15 is 0 Å². The first-order valence-electron chi connectivity index (χ1n) is 7.64. The van der Waals surface area contributed by atoms with E-state index in [1.807, 2.05) is 0 Å². The molecule has 0 saturated heterocycles. The number of nitrogens with one attached hydrogen (secondary N) is 2. The summed E-state index contributed by atoms with van der Waals surface area (Å²) >= 11 is 5.73. The minimum Gasteiger partial charge on any atom is -0.346 e. The highest BCUT2D eigenvalue weighted by Gasteiger charge is 2.21. The lowest BCUT2D eigenvalue weighted by Crippen LogP contribution is -2.25. The van der Waals surface area contributed by atoms with Crippen LogP contribution in [-0.4, -0.2) is 27.7 Å². The van der Waals surface area contributed by atoms with E-state index in [9.17, 15) is 14.0 Å². The summed E-state index contributed by atoms with van der Waals surface area (Å²) < 4.78 is 14.8. The predicted molar refractivity (Wildman–Crippen MR) is 97.1 cm³/mol. The number of carbonyl (C=O) groups is 2. The lowest BCUT2D eigenvalue weighted by Gasteiger charge is -2.04. The third-order valence-electron chi connectivity index (χ3n) is 3.55. The Hall–Kier alpha value is -3.19. The van der Waals surface area contributed by atoms with Gasteiger partial charge in [0, 0.05) is 18.4 Å². The van der Waals surface area contributed by atoms with Crippen LogP contribution in [0, 0.1) is 5.82 Å². The van der Waals surface area contributed by atoms with Gasteiger partial charge in [0.1, 0.15) is 5.82 Å². The second kappa shape index (κ2) is 7.37. The van der Waals surface area contributed by atoms with E-state index in [-0.39, 0.29) is 23.1 Å². The maximum Gasteiger partial charge on any atom is 0.287 e. The van der Waals surface area contributed by atoms with Gasteiger partial charge in [-0.3, -0.25) is 14.0 Å². The number of fused-ring (bicyclic) bond motifs is 1. The molecule has 0 fully saturated rings. The van der Waals surface area contributed by atoms with Gasteiger partial charge in [-0.2, -0.15) is 0 Å². The number of amides is 2. The quantitative estimate of drug-likeness (QED) is 0.675. The smallest absolute Gasteiger partial charge is 0.287 e. The largest absolute Gasteiger partial charge is 0.346 e. The standard InChI is InChI=1S/C18H14ClFN4O2/c1-2-8-21-18(26)16-23-15(14-5-3-4-9-24(14)16)17(25)22-11-6-7-13(20)12(19)10-11/h2-7,9-10H,1,8H2,(H,21,26)(H,22,25). The summed E-state index contributed by atoms with van der Waals surface area (Å²) in [5.74, 6) is -1.49. The number of halogens is 2. The van der Waals surface area contributed by atoms with E-state index in [0.29, 0.717) is 11.2 Å². The Morgan fingerprint density at radius 3 is 2.81 bits per heavy atom. The first-order chi connectivity index (χ1) is 12.5. The lowest BCUT2D eigenvalue weighted by atomic mass is 10.2. The van der Waals surface area contributed by atoms with Gasteiger partial charge in [-0.25, -0.2) is 9.37 Å². The molecule has 2 heterocycles. The number of hydrogen-bond donors (Lipinski definition) is 2. The van der Waals surface area contributed by atoms with Crippen LogP contribution in [0.25, 0.3) is 5.52 Å². The monoisotopic (exact) mass is 372 g/mol. The highest BCUT2D eigenvalue weighted by molar-refractivity contribution is 6.31. The summed E-state index contributed by atoms with van der Waals surface area (Å²) in [6.07, 6.45) is 3.18. The van der Waals surface area contributed by atoms with Crippen LogP contribution in [0.1, 0.15) is 21.1 Å². The average Bonchev–Trinajstić information content (AvgIpc) is 3.03. The van der Waals surface area contributed by atoms with E-state index in [4.69, 9.17) is 11.6 Å². The van der Waals surface area contributed by atoms with Crippen molar-refractivity contribution in [1.82, 2.24) is 14.7 Å². The second-order valence-corrected chi connectivity index (χ2v) is 5.73.